The summed E-state index contributed by atoms with van der Waals surface area (Å²) in [5.41, 5.74) is 0. The van der Waals surface area contributed by atoms with Gasteiger partial charge >= 0.3 is 89.6 Å². The second-order valence-corrected chi connectivity index (χ2v) is 32.2. The number of nitrogens with one attached hydrogen (secondary N) is 1. The summed E-state index contributed by atoms with van der Waals surface area (Å²) >= 11 is -3.60. The first-order valence-electron chi connectivity index (χ1n) is 5.56. The molecule has 97 valence electrons. The Bertz CT molecular complexity index is 530. The SMILES string of the molecule is Cl.Cl.[CH2]=[Zr]([CH3])([CH3])([CH3])([C]1=CC=CC1)[c]1ccc[nH]1. The summed E-state index contributed by atoms with van der Waals surface area (Å²) in [6.45, 7) is 0. The van der Waals surface area contributed by atoms with E-state index in [4.69, 9.17) is 4.21 Å². The minimum absolute atomic E-state index is 0. The number of halogens is 2. The van der Waals surface area contributed by atoms with Crippen molar-refractivity contribution < 1.29 is 16.8 Å². The average Bonchev–Trinajstić information content (AvgIpc) is 2.77. The van der Waals surface area contributed by atoms with E-state index in [-0.39, 0.29) is 24.8 Å². The van der Waals surface area contributed by atoms with Crippen LogP contribution in [-0.4, -0.2) is 9.20 Å². The van der Waals surface area contributed by atoms with E-state index in [0.717, 1.165) is 6.42 Å². The van der Waals surface area contributed by atoms with E-state index < -0.39 is 16.8 Å². The maximum atomic E-state index is 4.72. The molecule has 0 radical (unpaired) electrons. The van der Waals surface area contributed by atoms with Crippen molar-refractivity contribution in [3.8, 4) is 0 Å². The molecule has 0 aliphatic heterocycles. The van der Waals surface area contributed by atoms with Crippen LogP contribution in [-0.2, 0) is 16.8 Å². The van der Waals surface area contributed by atoms with Gasteiger partial charge in [0.2, 0.25) is 0 Å². The molecule has 1 nitrogen and oxygen atoms in total. The topological polar surface area (TPSA) is 15.8 Å². The first kappa shape index (κ1) is 17.1. The molecule has 1 aromatic rings. The molecule has 0 saturated heterocycles. The number of H-pyrrole nitrogens is 1. The molecule has 1 N–H and O–H groups in total. The predicted molar refractivity (Wildman–Crippen MR) is 81.5 cm³/mol. The van der Waals surface area contributed by atoms with Crippen LogP contribution in [0.4, 0.5) is 0 Å². The Labute approximate surface area is 114 Å². The molecule has 0 unspecified atom stereocenters. The zero-order valence-electron chi connectivity index (χ0n) is 10.7. The van der Waals surface area contributed by atoms with Gasteiger partial charge in [-0.25, -0.2) is 0 Å². The molecule has 0 amide bonds. The number of hydrogen-bond donors (Lipinski definition) is 1. The van der Waals surface area contributed by atoms with Crippen molar-refractivity contribution in [2.24, 2.45) is 0 Å². The molecule has 0 aromatic carbocycles. The van der Waals surface area contributed by atoms with Crippen LogP contribution < -0.4 is 3.40 Å². The summed E-state index contributed by atoms with van der Waals surface area (Å²) in [6, 6.07) is 4.27. The molecule has 1 aliphatic carbocycles. The summed E-state index contributed by atoms with van der Waals surface area (Å²) < 4.78 is 14.8. The van der Waals surface area contributed by atoms with Crippen LogP contribution in [0.1, 0.15) is 6.42 Å². The van der Waals surface area contributed by atoms with Gasteiger partial charge in [0.25, 0.3) is 0 Å². The number of allylic oxidation sites excluding steroid dienone is 4. The Morgan fingerprint density at radius 2 is 1.88 bits per heavy atom. The third-order valence-electron chi connectivity index (χ3n) is 3.85. The van der Waals surface area contributed by atoms with Gasteiger partial charge in [-0.1, -0.05) is 0 Å². The Morgan fingerprint density at radius 1 is 1.24 bits per heavy atom. The van der Waals surface area contributed by atoms with E-state index in [2.05, 4.69) is 49.2 Å². The van der Waals surface area contributed by atoms with Gasteiger partial charge < -0.3 is 0 Å². The van der Waals surface area contributed by atoms with Crippen molar-refractivity contribution in [2.45, 2.75) is 20.3 Å². The molecular formula is C13H22Cl2NZr. The van der Waals surface area contributed by atoms with E-state index in [0.29, 0.717) is 0 Å². The van der Waals surface area contributed by atoms with Crippen LogP contribution in [0.5, 0.6) is 0 Å². The monoisotopic (exact) mass is 352 g/mol. The van der Waals surface area contributed by atoms with Crippen LogP contribution in [0.2, 0.25) is 13.9 Å². The summed E-state index contributed by atoms with van der Waals surface area (Å²) in [5, 5.41) is 0. The van der Waals surface area contributed by atoms with Crippen LogP contribution in [0.15, 0.2) is 39.8 Å². The Kier molecular flexibility index (Phi) is 4.36. The summed E-state index contributed by atoms with van der Waals surface area (Å²) in [5.74, 6) is 0. The fourth-order valence-electron chi connectivity index (χ4n) is 2.38. The fraction of sp³-hybridized carbons (Fsp3) is 0.308. The second kappa shape index (κ2) is 4.33. The Balaban J connectivity index is 0.00000128. The molecule has 0 fully saturated rings. The van der Waals surface area contributed by atoms with E-state index >= 15 is 0 Å². The standard InChI is InChI=1S/C5H5.C4H4N.3CH3.CH2.2ClH.Zr/c2*1-2-4-5-3-1;;;;;;;/h1-3H,4H2;1-3,5H;3*1H3;1H2;2*1H;. The molecule has 1 heterocycles. The van der Waals surface area contributed by atoms with Gasteiger partial charge in [0.1, 0.15) is 0 Å². The molecule has 0 spiro atoms. The van der Waals surface area contributed by atoms with Gasteiger partial charge in [0, 0.05) is 0 Å². The quantitative estimate of drug-likeness (QED) is 0.822. The Hall–Kier alpha value is 0.0931. The average molecular weight is 354 g/mol. The fourth-order valence-corrected chi connectivity index (χ4v) is 11.3. The van der Waals surface area contributed by atoms with Crippen molar-refractivity contribution in [1.29, 1.82) is 0 Å². The van der Waals surface area contributed by atoms with Crippen molar-refractivity contribution in [1.82, 2.24) is 4.98 Å². The summed E-state index contributed by atoms with van der Waals surface area (Å²) in [7, 11) is 0. The third-order valence-corrected chi connectivity index (χ3v) is 17.7. The summed E-state index contributed by atoms with van der Waals surface area (Å²) in [4.78, 5) is 3.39. The Morgan fingerprint density at radius 3 is 2.29 bits per heavy atom. The van der Waals surface area contributed by atoms with Crippen LogP contribution >= 0.6 is 24.8 Å². The minimum atomic E-state index is -3.60. The number of rotatable bonds is 2. The van der Waals surface area contributed by atoms with Crippen LogP contribution in [0.25, 0.3) is 0 Å². The van der Waals surface area contributed by atoms with Gasteiger partial charge in [-0.05, 0) is 0 Å². The molecular weight excluding hydrogens is 332 g/mol. The van der Waals surface area contributed by atoms with Gasteiger partial charge in [0.15, 0.2) is 0 Å². The number of aromatic nitrogens is 1. The zero-order chi connectivity index (χ0) is 11.2. The maximum absolute atomic E-state index is 4.72. The number of hydrogen-bond acceptors (Lipinski definition) is 0. The van der Waals surface area contributed by atoms with Gasteiger partial charge in [-0.2, -0.15) is 0 Å². The van der Waals surface area contributed by atoms with E-state index in [1.807, 2.05) is 6.20 Å². The molecule has 4 heteroatoms. The molecule has 0 saturated carbocycles. The van der Waals surface area contributed by atoms with Crippen LogP contribution in [0.3, 0.4) is 0 Å². The van der Waals surface area contributed by atoms with Crippen molar-refractivity contribution >= 4 is 32.4 Å². The van der Waals surface area contributed by atoms with Crippen molar-refractivity contribution in [2.75, 3.05) is 0 Å². The van der Waals surface area contributed by atoms with Crippen LogP contribution in [0, 0.1) is 0 Å². The predicted octanol–water partition coefficient (Wildman–Crippen LogP) is 4.13. The van der Waals surface area contributed by atoms with Crippen molar-refractivity contribution in [3.63, 3.8) is 0 Å². The van der Waals surface area contributed by atoms with Gasteiger partial charge in [0.05, 0.1) is 0 Å². The number of aromatic amines is 1. The first-order chi connectivity index (χ1) is 6.74. The molecule has 0 atom stereocenters. The molecule has 2 rings (SSSR count). The van der Waals surface area contributed by atoms with E-state index in [1.165, 1.54) is 3.40 Å². The normalized spacial score (nSPS) is 18.4. The van der Waals surface area contributed by atoms with E-state index in [9.17, 15) is 0 Å². The van der Waals surface area contributed by atoms with E-state index in [1.54, 1.807) is 3.28 Å². The molecule has 17 heavy (non-hydrogen) atoms. The molecule has 1 aliphatic rings. The molecule has 0 bridgehead atoms. The summed E-state index contributed by atoms with van der Waals surface area (Å²) in [6.07, 6.45) is 9.74. The first-order valence-corrected chi connectivity index (χ1v) is 17.1. The zero-order valence-corrected chi connectivity index (χ0v) is 14.8. The second-order valence-electron chi connectivity index (χ2n) is 6.95. The van der Waals surface area contributed by atoms with Gasteiger partial charge in [-0.3, -0.25) is 0 Å². The third kappa shape index (κ3) is 2.75. The van der Waals surface area contributed by atoms with Crippen molar-refractivity contribution in [3.05, 3.63) is 39.8 Å². The molecule has 1 aromatic heterocycles. The van der Waals surface area contributed by atoms with Gasteiger partial charge in [-0.15, -0.1) is 24.8 Å².